The number of halogens is 1. The predicted octanol–water partition coefficient (Wildman–Crippen LogP) is 5.93. The second-order valence-corrected chi connectivity index (χ2v) is 7.35. The number of nitrogens with zero attached hydrogens (tertiary/aromatic N) is 2. The first kappa shape index (κ1) is 23.9. The van der Waals surface area contributed by atoms with E-state index in [4.69, 9.17) is 21.1 Å². The number of para-hydroxylation sites is 2. The maximum atomic E-state index is 11.7. The van der Waals surface area contributed by atoms with Gasteiger partial charge in [-0.25, -0.2) is 4.98 Å². The van der Waals surface area contributed by atoms with Crippen LogP contribution < -0.4 is 25.4 Å². The van der Waals surface area contributed by atoms with Crippen LogP contribution in [0.4, 0.5) is 28.8 Å². The molecule has 0 saturated carbocycles. The largest absolute Gasteiger partial charge is 0.494 e. The predicted molar refractivity (Wildman–Crippen MR) is 132 cm³/mol. The van der Waals surface area contributed by atoms with Crippen LogP contribution in [0.25, 0.3) is 0 Å². The molecular formula is C24H26ClN5O3. The van der Waals surface area contributed by atoms with Gasteiger partial charge in [0.2, 0.25) is 11.9 Å². The topological polar surface area (TPSA) is 97.4 Å². The summed E-state index contributed by atoms with van der Waals surface area (Å²) in [7, 11) is 1.58. The summed E-state index contributed by atoms with van der Waals surface area (Å²) in [5.74, 6) is 1.67. The fourth-order valence-electron chi connectivity index (χ4n) is 2.85. The van der Waals surface area contributed by atoms with Crippen molar-refractivity contribution in [1.82, 2.24) is 9.97 Å². The van der Waals surface area contributed by atoms with Crippen molar-refractivity contribution in [3.63, 3.8) is 0 Å². The lowest BCUT2D eigenvalue weighted by Gasteiger charge is -2.15. The lowest BCUT2D eigenvalue weighted by atomic mass is 10.2. The van der Waals surface area contributed by atoms with Crippen LogP contribution in [-0.4, -0.2) is 29.6 Å². The van der Waals surface area contributed by atoms with E-state index < -0.39 is 0 Å². The van der Waals surface area contributed by atoms with E-state index in [-0.39, 0.29) is 5.91 Å². The van der Waals surface area contributed by atoms with Gasteiger partial charge in [0, 0.05) is 6.07 Å². The highest BCUT2D eigenvalue weighted by molar-refractivity contribution is 6.33. The SMILES string of the molecule is C=CC(=O)Nc1ccccc1Nc1nc(Nc2ccc(OCCCC)cc2OC)ncc1Cl. The number of carbonyl (C=O) groups excluding carboxylic acids is 1. The van der Waals surface area contributed by atoms with E-state index in [1.807, 2.05) is 24.3 Å². The molecule has 0 fully saturated rings. The maximum Gasteiger partial charge on any atom is 0.247 e. The van der Waals surface area contributed by atoms with Gasteiger partial charge >= 0.3 is 0 Å². The summed E-state index contributed by atoms with van der Waals surface area (Å²) in [6.07, 6.45) is 4.73. The highest BCUT2D eigenvalue weighted by Crippen LogP contribution is 2.33. The van der Waals surface area contributed by atoms with Gasteiger partial charge in [-0.15, -0.1) is 0 Å². The minimum absolute atomic E-state index is 0.312. The van der Waals surface area contributed by atoms with E-state index in [0.717, 1.165) is 18.6 Å². The quantitative estimate of drug-likeness (QED) is 0.237. The van der Waals surface area contributed by atoms with Crippen LogP contribution in [-0.2, 0) is 4.79 Å². The molecule has 0 aliphatic carbocycles. The summed E-state index contributed by atoms with van der Waals surface area (Å²) in [6, 6.07) is 12.7. The molecule has 172 valence electrons. The molecule has 3 N–H and O–H groups in total. The fraction of sp³-hybridized carbons (Fsp3) is 0.208. The number of hydrogen-bond donors (Lipinski definition) is 3. The summed E-state index contributed by atoms with van der Waals surface area (Å²) >= 11 is 6.31. The Bertz CT molecular complexity index is 1120. The van der Waals surface area contributed by atoms with Gasteiger partial charge in [0.25, 0.3) is 0 Å². The van der Waals surface area contributed by atoms with Crippen LogP contribution in [0.3, 0.4) is 0 Å². The molecule has 1 heterocycles. The molecule has 0 atom stereocenters. The van der Waals surface area contributed by atoms with E-state index in [0.29, 0.717) is 46.2 Å². The molecular weight excluding hydrogens is 442 g/mol. The summed E-state index contributed by atoms with van der Waals surface area (Å²) in [5, 5.41) is 9.34. The molecule has 1 aromatic heterocycles. The zero-order valence-corrected chi connectivity index (χ0v) is 19.3. The third kappa shape index (κ3) is 6.60. The average Bonchev–Trinajstić information content (AvgIpc) is 2.83. The second-order valence-electron chi connectivity index (χ2n) is 6.94. The number of methoxy groups -OCH3 is 1. The third-order valence-electron chi connectivity index (χ3n) is 4.55. The number of anilines is 5. The molecule has 8 nitrogen and oxygen atoms in total. The van der Waals surface area contributed by atoms with Gasteiger partial charge in [-0.1, -0.05) is 43.7 Å². The Balaban J connectivity index is 1.80. The molecule has 0 unspecified atom stereocenters. The molecule has 0 aliphatic heterocycles. The lowest BCUT2D eigenvalue weighted by molar-refractivity contribution is -0.111. The average molecular weight is 468 g/mol. The van der Waals surface area contributed by atoms with Crippen molar-refractivity contribution in [2.75, 3.05) is 29.7 Å². The Morgan fingerprint density at radius 2 is 1.94 bits per heavy atom. The molecule has 3 rings (SSSR count). The zero-order chi connectivity index (χ0) is 23.6. The first-order valence-electron chi connectivity index (χ1n) is 10.4. The Labute approximate surface area is 198 Å². The lowest BCUT2D eigenvalue weighted by Crippen LogP contribution is -2.09. The van der Waals surface area contributed by atoms with Gasteiger partial charge in [-0.05, 0) is 36.8 Å². The van der Waals surface area contributed by atoms with E-state index in [1.54, 1.807) is 25.3 Å². The van der Waals surface area contributed by atoms with Gasteiger partial charge in [0.1, 0.15) is 16.5 Å². The van der Waals surface area contributed by atoms with Crippen molar-refractivity contribution in [3.05, 3.63) is 66.3 Å². The number of benzene rings is 2. The van der Waals surface area contributed by atoms with Crippen LogP contribution >= 0.6 is 11.6 Å². The molecule has 0 bridgehead atoms. The van der Waals surface area contributed by atoms with Gasteiger partial charge in [-0.3, -0.25) is 4.79 Å². The first-order valence-corrected chi connectivity index (χ1v) is 10.8. The number of nitrogens with one attached hydrogen (secondary N) is 3. The Hall–Kier alpha value is -3.78. The van der Waals surface area contributed by atoms with Crippen molar-refractivity contribution >= 4 is 46.3 Å². The molecule has 33 heavy (non-hydrogen) atoms. The van der Waals surface area contributed by atoms with E-state index in [9.17, 15) is 4.79 Å². The smallest absolute Gasteiger partial charge is 0.247 e. The number of carbonyl (C=O) groups is 1. The van der Waals surface area contributed by atoms with Gasteiger partial charge < -0.3 is 25.4 Å². The van der Waals surface area contributed by atoms with Crippen molar-refractivity contribution in [2.24, 2.45) is 0 Å². The third-order valence-corrected chi connectivity index (χ3v) is 4.83. The van der Waals surface area contributed by atoms with Crippen LogP contribution in [0.15, 0.2) is 61.3 Å². The first-order chi connectivity index (χ1) is 16.0. The number of unbranched alkanes of at least 4 members (excludes halogenated alkanes) is 1. The Kier molecular flexibility index (Phi) is 8.49. The number of aromatic nitrogens is 2. The number of hydrogen-bond acceptors (Lipinski definition) is 7. The van der Waals surface area contributed by atoms with Crippen LogP contribution in [0, 0.1) is 0 Å². The van der Waals surface area contributed by atoms with Gasteiger partial charge in [0.05, 0.1) is 37.0 Å². The molecule has 1 amide bonds. The van der Waals surface area contributed by atoms with Crippen molar-refractivity contribution < 1.29 is 14.3 Å². The zero-order valence-electron chi connectivity index (χ0n) is 18.5. The monoisotopic (exact) mass is 467 g/mol. The van der Waals surface area contributed by atoms with Gasteiger partial charge in [0.15, 0.2) is 5.82 Å². The van der Waals surface area contributed by atoms with Crippen molar-refractivity contribution in [2.45, 2.75) is 19.8 Å². The number of ether oxygens (including phenoxy) is 2. The normalized spacial score (nSPS) is 10.3. The molecule has 0 radical (unpaired) electrons. The highest BCUT2D eigenvalue weighted by Gasteiger charge is 2.12. The molecule has 3 aromatic rings. The summed E-state index contributed by atoms with van der Waals surface area (Å²) in [6.45, 7) is 6.24. The van der Waals surface area contributed by atoms with E-state index in [1.165, 1.54) is 12.3 Å². The van der Waals surface area contributed by atoms with Gasteiger partial charge in [-0.2, -0.15) is 4.98 Å². The summed E-state index contributed by atoms with van der Waals surface area (Å²) in [5.41, 5.74) is 1.85. The van der Waals surface area contributed by atoms with E-state index >= 15 is 0 Å². The van der Waals surface area contributed by atoms with Crippen molar-refractivity contribution in [3.8, 4) is 11.5 Å². The minimum Gasteiger partial charge on any atom is -0.494 e. The molecule has 9 heteroatoms. The number of rotatable bonds is 11. The molecule has 0 saturated heterocycles. The Morgan fingerprint density at radius 3 is 2.67 bits per heavy atom. The maximum absolute atomic E-state index is 11.7. The van der Waals surface area contributed by atoms with Crippen LogP contribution in [0.5, 0.6) is 11.5 Å². The standard InChI is InChI=1S/C24H26ClN5O3/c1-4-6-13-33-16-11-12-20(21(14-16)32-3)29-24-26-15-17(25)23(30-24)28-19-10-8-7-9-18(19)27-22(31)5-2/h5,7-12,14-15H,2,4,6,13H2,1,3H3,(H,27,31)(H2,26,28,29,30). The van der Waals surface area contributed by atoms with Crippen LogP contribution in [0.2, 0.25) is 5.02 Å². The number of amides is 1. The fourth-order valence-corrected chi connectivity index (χ4v) is 2.99. The summed E-state index contributed by atoms with van der Waals surface area (Å²) in [4.78, 5) is 20.5. The summed E-state index contributed by atoms with van der Waals surface area (Å²) < 4.78 is 11.2. The van der Waals surface area contributed by atoms with Crippen molar-refractivity contribution in [1.29, 1.82) is 0 Å². The second kappa shape index (κ2) is 11.7. The minimum atomic E-state index is -0.324. The highest BCUT2D eigenvalue weighted by atomic mass is 35.5. The van der Waals surface area contributed by atoms with Crippen LogP contribution in [0.1, 0.15) is 19.8 Å². The Morgan fingerprint density at radius 1 is 1.15 bits per heavy atom. The van der Waals surface area contributed by atoms with E-state index in [2.05, 4.69) is 39.4 Å². The molecule has 0 aliphatic rings. The molecule has 2 aromatic carbocycles. The molecule has 0 spiro atoms.